The number of halogens is 1. The molecule has 0 spiro atoms. The van der Waals surface area contributed by atoms with Gasteiger partial charge >= 0.3 is 0 Å². The second kappa shape index (κ2) is 6.05. The van der Waals surface area contributed by atoms with Gasteiger partial charge in [-0.05, 0) is 71.8 Å². The zero-order chi connectivity index (χ0) is 14.8. The van der Waals surface area contributed by atoms with Crippen molar-refractivity contribution < 1.29 is 4.79 Å². The SMILES string of the molecule is C[C@@H]1Cc2ccccc2N1CC(=O)Nc1ccc(I)cc1. The smallest absolute Gasteiger partial charge is 0.243 e. The molecule has 0 radical (unpaired) electrons. The minimum Gasteiger partial charge on any atom is -0.359 e. The summed E-state index contributed by atoms with van der Waals surface area (Å²) in [6.45, 7) is 2.56. The summed E-state index contributed by atoms with van der Waals surface area (Å²) in [4.78, 5) is 14.4. The first-order chi connectivity index (χ1) is 10.1. The molecule has 1 amide bonds. The van der Waals surface area contributed by atoms with E-state index in [1.807, 2.05) is 30.3 Å². The van der Waals surface area contributed by atoms with Crippen LogP contribution in [0.1, 0.15) is 12.5 Å². The maximum Gasteiger partial charge on any atom is 0.243 e. The monoisotopic (exact) mass is 392 g/mol. The first kappa shape index (κ1) is 14.4. The van der Waals surface area contributed by atoms with E-state index < -0.39 is 0 Å². The van der Waals surface area contributed by atoms with Crippen LogP contribution in [-0.4, -0.2) is 18.5 Å². The Morgan fingerprint density at radius 2 is 1.95 bits per heavy atom. The fourth-order valence-electron chi connectivity index (χ4n) is 2.76. The van der Waals surface area contributed by atoms with E-state index in [-0.39, 0.29) is 5.91 Å². The fraction of sp³-hybridized carbons (Fsp3) is 0.235. The van der Waals surface area contributed by atoms with Gasteiger partial charge in [0.05, 0.1) is 6.54 Å². The Labute approximate surface area is 138 Å². The molecule has 0 bridgehead atoms. The summed E-state index contributed by atoms with van der Waals surface area (Å²) >= 11 is 2.25. The summed E-state index contributed by atoms with van der Waals surface area (Å²) in [6, 6.07) is 16.5. The summed E-state index contributed by atoms with van der Waals surface area (Å²) in [6.07, 6.45) is 1.01. The van der Waals surface area contributed by atoms with E-state index in [9.17, 15) is 4.79 Å². The Morgan fingerprint density at radius 1 is 1.24 bits per heavy atom. The molecule has 0 unspecified atom stereocenters. The van der Waals surface area contributed by atoms with Crippen molar-refractivity contribution >= 4 is 39.9 Å². The lowest BCUT2D eigenvalue weighted by Crippen LogP contribution is -2.37. The van der Waals surface area contributed by atoms with Crippen LogP contribution in [0.25, 0.3) is 0 Å². The zero-order valence-electron chi connectivity index (χ0n) is 11.8. The van der Waals surface area contributed by atoms with Crippen LogP contribution in [0.4, 0.5) is 11.4 Å². The first-order valence-electron chi connectivity index (χ1n) is 7.03. The van der Waals surface area contributed by atoms with Gasteiger partial charge in [-0.3, -0.25) is 4.79 Å². The third-order valence-corrected chi connectivity index (χ3v) is 4.51. The summed E-state index contributed by atoms with van der Waals surface area (Å²) < 4.78 is 1.16. The van der Waals surface area contributed by atoms with Crippen molar-refractivity contribution in [2.75, 3.05) is 16.8 Å². The van der Waals surface area contributed by atoms with Gasteiger partial charge in [-0.25, -0.2) is 0 Å². The molecular formula is C17H17IN2O. The van der Waals surface area contributed by atoms with Crippen molar-refractivity contribution in [1.82, 2.24) is 0 Å². The predicted molar refractivity (Wildman–Crippen MR) is 94.7 cm³/mol. The van der Waals surface area contributed by atoms with Crippen molar-refractivity contribution in [3.63, 3.8) is 0 Å². The van der Waals surface area contributed by atoms with E-state index in [0.29, 0.717) is 12.6 Å². The Morgan fingerprint density at radius 3 is 2.71 bits per heavy atom. The Hall–Kier alpha value is -1.56. The molecule has 3 nitrogen and oxygen atoms in total. The van der Waals surface area contributed by atoms with Crippen LogP contribution in [0.2, 0.25) is 0 Å². The highest BCUT2D eigenvalue weighted by molar-refractivity contribution is 14.1. The minimum absolute atomic E-state index is 0.0276. The van der Waals surface area contributed by atoms with Gasteiger partial charge in [-0.1, -0.05) is 18.2 Å². The van der Waals surface area contributed by atoms with E-state index in [4.69, 9.17) is 0 Å². The number of amides is 1. The summed E-state index contributed by atoms with van der Waals surface area (Å²) in [7, 11) is 0. The van der Waals surface area contributed by atoms with Crippen LogP contribution in [0.5, 0.6) is 0 Å². The number of nitrogens with one attached hydrogen (secondary N) is 1. The second-order valence-electron chi connectivity index (χ2n) is 5.36. The van der Waals surface area contributed by atoms with Crippen LogP contribution >= 0.6 is 22.6 Å². The molecule has 4 heteroatoms. The lowest BCUT2D eigenvalue weighted by molar-refractivity contribution is -0.115. The second-order valence-corrected chi connectivity index (χ2v) is 6.61. The molecule has 1 N–H and O–H groups in total. The average Bonchev–Trinajstić information content (AvgIpc) is 2.78. The Balaban J connectivity index is 1.69. The number of fused-ring (bicyclic) bond motifs is 1. The molecule has 0 aromatic heterocycles. The van der Waals surface area contributed by atoms with Gasteiger partial charge in [-0.15, -0.1) is 0 Å². The third-order valence-electron chi connectivity index (χ3n) is 3.79. The van der Waals surface area contributed by atoms with Crippen LogP contribution in [0, 0.1) is 3.57 Å². The number of para-hydroxylation sites is 1. The third kappa shape index (κ3) is 3.20. The van der Waals surface area contributed by atoms with E-state index in [2.05, 4.69) is 57.9 Å². The quantitative estimate of drug-likeness (QED) is 0.809. The largest absolute Gasteiger partial charge is 0.359 e. The van der Waals surface area contributed by atoms with Crippen LogP contribution in [-0.2, 0) is 11.2 Å². The fourth-order valence-corrected chi connectivity index (χ4v) is 3.12. The van der Waals surface area contributed by atoms with Crippen LogP contribution in [0.3, 0.4) is 0 Å². The van der Waals surface area contributed by atoms with Gasteiger partial charge in [0.2, 0.25) is 5.91 Å². The summed E-state index contributed by atoms with van der Waals surface area (Å²) in [5, 5.41) is 2.96. The number of hydrogen-bond acceptors (Lipinski definition) is 2. The van der Waals surface area contributed by atoms with Crippen LogP contribution in [0.15, 0.2) is 48.5 Å². The molecule has 0 saturated carbocycles. The van der Waals surface area contributed by atoms with E-state index in [0.717, 1.165) is 15.7 Å². The number of carbonyl (C=O) groups excluding carboxylic acids is 1. The Kier molecular flexibility index (Phi) is 4.14. The zero-order valence-corrected chi connectivity index (χ0v) is 14.0. The maximum absolute atomic E-state index is 12.3. The molecule has 2 aromatic rings. The van der Waals surface area contributed by atoms with E-state index in [1.165, 1.54) is 11.3 Å². The van der Waals surface area contributed by atoms with Crippen molar-refractivity contribution in [2.24, 2.45) is 0 Å². The molecule has 21 heavy (non-hydrogen) atoms. The van der Waals surface area contributed by atoms with Gasteiger partial charge in [0.1, 0.15) is 0 Å². The van der Waals surface area contributed by atoms with Crippen molar-refractivity contribution in [2.45, 2.75) is 19.4 Å². The highest BCUT2D eigenvalue weighted by Crippen LogP contribution is 2.31. The maximum atomic E-state index is 12.3. The van der Waals surface area contributed by atoms with Gasteiger partial charge in [-0.2, -0.15) is 0 Å². The molecule has 2 aromatic carbocycles. The normalized spacial score (nSPS) is 16.7. The molecule has 0 saturated heterocycles. The molecule has 1 aliphatic heterocycles. The average molecular weight is 392 g/mol. The van der Waals surface area contributed by atoms with Crippen molar-refractivity contribution in [3.05, 3.63) is 57.7 Å². The van der Waals surface area contributed by atoms with Crippen molar-refractivity contribution in [3.8, 4) is 0 Å². The first-order valence-corrected chi connectivity index (χ1v) is 8.11. The minimum atomic E-state index is 0.0276. The number of carbonyl (C=O) groups is 1. The summed E-state index contributed by atoms with van der Waals surface area (Å²) in [5.74, 6) is 0.0276. The highest BCUT2D eigenvalue weighted by atomic mass is 127. The molecule has 1 atom stereocenters. The number of hydrogen-bond donors (Lipinski definition) is 1. The topological polar surface area (TPSA) is 32.3 Å². The van der Waals surface area contributed by atoms with Crippen molar-refractivity contribution in [1.29, 1.82) is 0 Å². The molecule has 1 heterocycles. The standard InChI is InChI=1S/C17H17IN2O/c1-12-10-13-4-2-3-5-16(13)20(12)11-17(21)19-15-8-6-14(18)7-9-15/h2-9,12H,10-11H2,1H3,(H,19,21)/t12-/m1/s1. The molecule has 0 fully saturated rings. The molecule has 108 valence electrons. The Bertz CT molecular complexity index is 654. The molecule has 0 aliphatic carbocycles. The predicted octanol–water partition coefficient (Wildman–Crippen LogP) is 3.68. The highest BCUT2D eigenvalue weighted by Gasteiger charge is 2.26. The number of nitrogens with zero attached hydrogens (tertiary/aromatic N) is 1. The molecule has 3 rings (SSSR count). The van der Waals surface area contributed by atoms with Gasteiger partial charge in [0.15, 0.2) is 0 Å². The molecular weight excluding hydrogens is 375 g/mol. The number of benzene rings is 2. The van der Waals surface area contributed by atoms with Gasteiger partial charge in [0, 0.05) is 21.0 Å². The van der Waals surface area contributed by atoms with E-state index >= 15 is 0 Å². The lowest BCUT2D eigenvalue weighted by atomic mass is 10.1. The summed E-state index contributed by atoms with van der Waals surface area (Å²) in [5.41, 5.74) is 3.36. The van der Waals surface area contributed by atoms with Crippen LogP contribution < -0.4 is 10.2 Å². The van der Waals surface area contributed by atoms with Gasteiger partial charge < -0.3 is 10.2 Å². The number of rotatable bonds is 3. The molecule has 1 aliphatic rings. The van der Waals surface area contributed by atoms with Gasteiger partial charge in [0.25, 0.3) is 0 Å². The number of anilines is 2. The van der Waals surface area contributed by atoms with E-state index in [1.54, 1.807) is 0 Å². The lowest BCUT2D eigenvalue weighted by Gasteiger charge is -2.24.